The Bertz CT molecular complexity index is 523. The second kappa shape index (κ2) is 8.01. The first-order chi connectivity index (χ1) is 9.43. The van der Waals surface area contributed by atoms with Crippen molar-refractivity contribution in [2.45, 2.75) is 31.2 Å². The molecule has 1 aromatic rings. The first-order valence-electron chi connectivity index (χ1n) is 6.59. The third kappa shape index (κ3) is 6.16. The summed E-state index contributed by atoms with van der Waals surface area (Å²) in [6.45, 7) is 3.14. The van der Waals surface area contributed by atoms with Crippen LogP contribution in [0.1, 0.15) is 25.3 Å². The number of esters is 1. The summed E-state index contributed by atoms with van der Waals surface area (Å²) in [5.74, 6) is -0.272. The number of ether oxygens (including phenoxy) is 1. The van der Waals surface area contributed by atoms with Gasteiger partial charge in [-0.25, -0.2) is 8.42 Å². The highest BCUT2D eigenvalue weighted by atomic mass is 32.2. The molecule has 20 heavy (non-hydrogen) atoms. The van der Waals surface area contributed by atoms with Gasteiger partial charge < -0.3 is 10.1 Å². The van der Waals surface area contributed by atoms with Gasteiger partial charge in [-0.3, -0.25) is 4.79 Å². The van der Waals surface area contributed by atoms with E-state index in [1.54, 1.807) is 24.3 Å². The highest BCUT2D eigenvalue weighted by molar-refractivity contribution is 7.90. The zero-order valence-corrected chi connectivity index (χ0v) is 12.7. The van der Waals surface area contributed by atoms with Gasteiger partial charge in [0.1, 0.15) is 0 Å². The lowest BCUT2D eigenvalue weighted by atomic mass is 10.2. The maximum Gasteiger partial charge on any atom is 0.319 e. The van der Waals surface area contributed by atoms with E-state index in [4.69, 9.17) is 4.74 Å². The Morgan fingerprint density at radius 2 is 1.90 bits per heavy atom. The Morgan fingerprint density at radius 3 is 2.45 bits per heavy atom. The van der Waals surface area contributed by atoms with Crippen LogP contribution in [0, 0.1) is 0 Å². The topological polar surface area (TPSA) is 72.5 Å². The van der Waals surface area contributed by atoms with Crippen molar-refractivity contribution in [3.8, 4) is 0 Å². The van der Waals surface area contributed by atoms with E-state index >= 15 is 0 Å². The van der Waals surface area contributed by atoms with Crippen LogP contribution in [0.5, 0.6) is 0 Å². The molecule has 1 N–H and O–H groups in total. The number of benzene rings is 1. The van der Waals surface area contributed by atoms with Gasteiger partial charge in [0.05, 0.1) is 18.0 Å². The summed E-state index contributed by atoms with van der Waals surface area (Å²) >= 11 is 0. The van der Waals surface area contributed by atoms with Gasteiger partial charge >= 0.3 is 5.97 Å². The molecule has 1 rings (SSSR count). The van der Waals surface area contributed by atoms with Crippen molar-refractivity contribution < 1.29 is 17.9 Å². The van der Waals surface area contributed by atoms with Gasteiger partial charge in [-0.15, -0.1) is 0 Å². The minimum atomic E-state index is -3.16. The van der Waals surface area contributed by atoms with Crippen LogP contribution in [-0.4, -0.2) is 33.8 Å². The SMILES string of the molecule is CCCCOC(=O)CNCc1ccc(S(C)(=O)=O)cc1. The quantitative estimate of drug-likeness (QED) is 0.582. The van der Waals surface area contributed by atoms with E-state index in [9.17, 15) is 13.2 Å². The number of carbonyl (C=O) groups excluding carboxylic acids is 1. The molecule has 0 fully saturated rings. The van der Waals surface area contributed by atoms with Crippen LogP contribution in [0.3, 0.4) is 0 Å². The van der Waals surface area contributed by atoms with Gasteiger partial charge in [0.25, 0.3) is 0 Å². The number of nitrogens with one attached hydrogen (secondary N) is 1. The zero-order valence-electron chi connectivity index (χ0n) is 11.9. The van der Waals surface area contributed by atoms with Crippen molar-refractivity contribution in [1.82, 2.24) is 5.32 Å². The lowest BCUT2D eigenvalue weighted by Gasteiger charge is -2.06. The third-order valence-electron chi connectivity index (χ3n) is 2.71. The van der Waals surface area contributed by atoms with Crippen LogP contribution in [0.25, 0.3) is 0 Å². The van der Waals surface area contributed by atoms with E-state index in [0.717, 1.165) is 18.4 Å². The molecular formula is C14H21NO4S. The molecule has 0 bridgehead atoms. The average molecular weight is 299 g/mol. The lowest BCUT2D eigenvalue weighted by Crippen LogP contribution is -2.24. The van der Waals surface area contributed by atoms with Gasteiger partial charge in [0.15, 0.2) is 9.84 Å². The molecule has 0 saturated heterocycles. The van der Waals surface area contributed by atoms with Crippen LogP contribution in [0.4, 0.5) is 0 Å². The molecule has 5 nitrogen and oxygen atoms in total. The highest BCUT2D eigenvalue weighted by Crippen LogP contribution is 2.09. The summed E-state index contributed by atoms with van der Waals surface area (Å²) in [5, 5.41) is 2.96. The molecule has 0 heterocycles. The molecule has 0 radical (unpaired) electrons. The van der Waals surface area contributed by atoms with E-state index in [0.29, 0.717) is 18.0 Å². The number of rotatable bonds is 8. The predicted octanol–water partition coefficient (Wildman–Crippen LogP) is 1.52. The number of hydrogen-bond acceptors (Lipinski definition) is 5. The van der Waals surface area contributed by atoms with Crippen molar-refractivity contribution in [2.75, 3.05) is 19.4 Å². The monoisotopic (exact) mass is 299 g/mol. The van der Waals surface area contributed by atoms with E-state index in [1.807, 2.05) is 6.92 Å². The molecule has 0 atom stereocenters. The predicted molar refractivity (Wildman–Crippen MR) is 77.1 cm³/mol. The standard InChI is InChI=1S/C14H21NO4S/c1-3-4-9-19-14(16)11-15-10-12-5-7-13(8-6-12)20(2,17)18/h5-8,15H,3-4,9-11H2,1-2H3. The van der Waals surface area contributed by atoms with Gasteiger partial charge in [-0.1, -0.05) is 25.5 Å². The van der Waals surface area contributed by atoms with Gasteiger partial charge in [-0.05, 0) is 24.1 Å². The van der Waals surface area contributed by atoms with Crippen LogP contribution in [0.15, 0.2) is 29.2 Å². The van der Waals surface area contributed by atoms with Crippen molar-refractivity contribution in [2.24, 2.45) is 0 Å². The van der Waals surface area contributed by atoms with Crippen molar-refractivity contribution in [3.05, 3.63) is 29.8 Å². The summed E-state index contributed by atoms with van der Waals surface area (Å²) in [7, 11) is -3.16. The third-order valence-corrected chi connectivity index (χ3v) is 3.84. The van der Waals surface area contributed by atoms with E-state index in [2.05, 4.69) is 5.32 Å². The fourth-order valence-electron chi connectivity index (χ4n) is 1.54. The molecule has 6 heteroatoms. The Balaban J connectivity index is 2.34. The molecule has 112 valence electrons. The Labute approximate surface area is 120 Å². The molecule has 0 aliphatic rings. The van der Waals surface area contributed by atoms with E-state index in [1.165, 1.54) is 6.26 Å². The number of sulfone groups is 1. The maximum atomic E-state index is 11.3. The highest BCUT2D eigenvalue weighted by Gasteiger charge is 2.06. The summed E-state index contributed by atoms with van der Waals surface area (Å²) in [6.07, 6.45) is 3.04. The average Bonchev–Trinajstić information content (AvgIpc) is 2.38. The minimum absolute atomic E-state index is 0.150. The largest absolute Gasteiger partial charge is 0.465 e. The molecule has 0 spiro atoms. The second-order valence-corrected chi connectivity index (χ2v) is 6.61. The molecule has 0 amide bonds. The lowest BCUT2D eigenvalue weighted by molar-refractivity contribution is -0.142. The zero-order chi connectivity index (χ0) is 15.0. The Kier molecular flexibility index (Phi) is 6.67. The summed E-state index contributed by atoms with van der Waals surface area (Å²) in [5.41, 5.74) is 0.916. The van der Waals surface area contributed by atoms with Crippen LogP contribution in [-0.2, 0) is 25.9 Å². The smallest absolute Gasteiger partial charge is 0.319 e. The fraction of sp³-hybridized carbons (Fsp3) is 0.500. The molecule has 1 aromatic carbocycles. The van der Waals surface area contributed by atoms with Crippen molar-refractivity contribution in [1.29, 1.82) is 0 Å². The summed E-state index contributed by atoms with van der Waals surface area (Å²) in [4.78, 5) is 11.6. The summed E-state index contributed by atoms with van der Waals surface area (Å²) < 4.78 is 27.6. The first-order valence-corrected chi connectivity index (χ1v) is 8.48. The van der Waals surface area contributed by atoms with Gasteiger partial charge in [-0.2, -0.15) is 0 Å². The molecular weight excluding hydrogens is 278 g/mol. The van der Waals surface area contributed by atoms with E-state index in [-0.39, 0.29) is 12.5 Å². The van der Waals surface area contributed by atoms with Crippen LogP contribution >= 0.6 is 0 Å². The number of unbranched alkanes of at least 4 members (excludes halogenated alkanes) is 1. The van der Waals surface area contributed by atoms with Gasteiger partial charge in [0, 0.05) is 12.8 Å². The van der Waals surface area contributed by atoms with Crippen LogP contribution in [0.2, 0.25) is 0 Å². The van der Waals surface area contributed by atoms with Crippen LogP contribution < -0.4 is 5.32 Å². The molecule has 0 aliphatic heterocycles. The number of carbonyl (C=O) groups is 1. The molecule has 0 unspecified atom stereocenters. The normalized spacial score (nSPS) is 11.3. The van der Waals surface area contributed by atoms with Crippen molar-refractivity contribution >= 4 is 15.8 Å². The second-order valence-electron chi connectivity index (χ2n) is 4.59. The maximum absolute atomic E-state index is 11.3. The Hall–Kier alpha value is -1.40. The van der Waals surface area contributed by atoms with E-state index < -0.39 is 9.84 Å². The molecule has 0 aliphatic carbocycles. The fourth-order valence-corrected chi connectivity index (χ4v) is 2.18. The molecule has 0 saturated carbocycles. The van der Waals surface area contributed by atoms with Gasteiger partial charge in [0.2, 0.25) is 0 Å². The summed E-state index contributed by atoms with van der Waals surface area (Å²) in [6, 6.07) is 6.58. The Morgan fingerprint density at radius 1 is 1.25 bits per heavy atom. The minimum Gasteiger partial charge on any atom is -0.465 e. The first kappa shape index (κ1) is 16.7. The van der Waals surface area contributed by atoms with Crippen molar-refractivity contribution in [3.63, 3.8) is 0 Å². The molecule has 0 aromatic heterocycles. The number of hydrogen-bond donors (Lipinski definition) is 1.